The van der Waals surface area contributed by atoms with Crippen molar-refractivity contribution in [2.24, 2.45) is 10.7 Å². The Kier molecular flexibility index (Phi) is 10.7. The van der Waals surface area contributed by atoms with Crippen molar-refractivity contribution >= 4 is 35.8 Å². The molecule has 0 aliphatic carbocycles. The maximum atomic E-state index is 11.2. The molecule has 0 heterocycles. The number of amides is 1. The fraction of sp³-hybridized carbons (Fsp3) is 0.231. The van der Waals surface area contributed by atoms with Gasteiger partial charge in [-0.2, -0.15) is 0 Å². The third-order valence-corrected chi connectivity index (χ3v) is 5.13. The number of nitrogens with one attached hydrogen (secondary N) is 2. The van der Waals surface area contributed by atoms with Crippen LogP contribution in [0.25, 0.3) is 0 Å². The normalized spacial score (nSPS) is 11.0. The Hall–Kier alpha value is -2.87. The number of benzene rings is 3. The molecule has 1 amide bonds. The molecule has 4 N–H and O–H groups in total. The summed E-state index contributed by atoms with van der Waals surface area (Å²) in [5, 5.41) is 6.76. The number of rotatable bonds is 9. The second-order valence-electron chi connectivity index (χ2n) is 7.35. The van der Waals surface area contributed by atoms with Gasteiger partial charge in [-0.15, -0.1) is 24.0 Å². The number of hydrogen-bond acceptors (Lipinski definition) is 2. The second-order valence-corrected chi connectivity index (χ2v) is 7.35. The highest BCUT2D eigenvalue weighted by atomic mass is 127. The first-order valence-corrected chi connectivity index (χ1v) is 10.7. The maximum Gasteiger partial charge on any atom is 0.248 e. The summed E-state index contributed by atoms with van der Waals surface area (Å²) in [5.41, 5.74) is 9.45. The lowest BCUT2D eigenvalue weighted by atomic mass is 9.88. The summed E-state index contributed by atoms with van der Waals surface area (Å²) < 4.78 is 0. The van der Waals surface area contributed by atoms with E-state index in [9.17, 15) is 4.79 Å². The summed E-state index contributed by atoms with van der Waals surface area (Å²) in [6, 6.07) is 28.4. The molecular weight excluding hydrogens is 511 g/mol. The zero-order chi connectivity index (χ0) is 21.9. The van der Waals surface area contributed by atoms with Crippen molar-refractivity contribution in [3.8, 4) is 0 Å². The molecule has 0 bridgehead atoms. The molecule has 0 spiro atoms. The molecule has 5 nitrogen and oxygen atoms in total. The lowest BCUT2D eigenvalue weighted by molar-refractivity contribution is 0.100. The average Bonchev–Trinajstić information content (AvgIpc) is 2.81. The van der Waals surface area contributed by atoms with E-state index < -0.39 is 5.91 Å². The van der Waals surface area contributed by atoms with Gasteiger partial charge in [0.25, 0.3) is 0 Å². The third-order valence-electron chi connectivity index (χ3n) is 5.13. The first-order valence-electron chi connectivity index (χ1n) is 10.7. The summed E-state index contributed by atoms with van der Waals surface area (Å²) in [6.07, 6.45) is 0.950. The van der Waals surface area contributed by atoms with Gasteiger partial charge in [0.15, 0.2) is 5.96 Å². The van der Waals surface area contributed by atoms with Gasteiger partial charge in [0.05, 0.1) is 6.54 Å². The van der Waals surface area contributed by atoms with Crippen molar-refractivity contribution in [2.45, 2.75) is 25.8 Å². The number of carbonyl (C=O) groups is 1. The zero-order valence-electron chi connectivity index (χ0n) is 18.3. The van der Waals surface area contributed by atoms with Gasteiger partial charge in [0, 0.05) is 24.6 Å². The number of nitrogens with two attached hydrogens (primary N) is 1. The highest BCUT2D eigenvalue weighted by molar-refractivity contribution is 14.0. The van der Waals surface area contributed by atoms with Crippen molar-refractivity contribution < 1.29 is 4.79 Å². The van der Waals surface area contributed by atoms with Crippen LogP contribution in [0.1, 0.15) is 46.3 Å². The number of carbonyl (C=O) groups excluding carboxylic acids is 1. The SMILES string of the molecule is CCNC(=NCc1ccc(C(N)=O)cc1)NCCC(c1ccccc1)c1ccccc1.I. The standard InChI is InChI=1S/C26H30N4O.HI/c1-2-28-26(30-19-20-13-15-23(16-14-20)25(27)31)29-18-17-24(21-9-5-3-6-10-21)22-11-7-4-8-12-22;/h3-16,24H,2,17-19H2,1H3,(H2,27,31)(H2,28,29,30);1H. The largest absolute Gasteiger partial charge is 0.366 e. The molecule has 0 aliphatic heterocycles. The Morgan fingerprint density at radius 3 is 1.94 bits per heavy atom. The van der Waals surface area contributed by atoms with Crippen LogP contribution in [0.2, 0.25) is 0 Å². The van der Waals surface area contributed by atoms with E-state index in [2.05, 4.69) is 83.2 Å². The minimum atomic E-state index is -0.420. The fourth-order valence-corrected chi connectivity index (χ4v) is 3.52. The van der Waals surface area contributed by atoms with Crippen LogP contribution in [0.4, 0.5) is 0 Å². The number of halogens is 1. The molecule has 0 fully saturated rings. The molecule has 3 aromatic carbocycles. The van der Waals surface area contributed by atoms with E-state index in [0.717, 1.165) is 31.0 Å². The third kappa shape index (κ3) is 7.67. The Bertz CT molecular complexity index is 936. The summed E-state index contributed by atoms with van der Waals surface area (Å²) in [6.45, 7) is 4.15. The van der Waals surface area contributed by atoms with Crippen LogP contribution in [0.15, 0.2) is 89.9 Å². The van der Waals surface area contributed by atoms with Crippen LogP contribution >= 0.6 is 24.0 Å². The van der Waals surface area contributed by atoms with Crippen molar-refractivity contribution in [1.82, 2.24) is 10.6 Å². The molecule has 0 aromatic heterocycles. The van der Waals surface area contributed by atoms with E-state index >= 15 is 0 Å². The maximum absolute atomic E-state index is 11.2. The number of hydrogen-bond donors (Lipinski definition) is 3. The molecule has 0 aliphatic rings. The van der Waals surface area contributed by atoms with Crippen molar-refractivity contribution in [3.05, 3.63) is 107 Å². The van der Waals surface area contributed by atoms with Gasteiger partial charge in [-0.25, -0.2) is 4.99 Å². The minimum Gasteiger partial charge on any atom is -0.366 e. The summed E-state index contributed by atoms with van der Waals surface area (Å²) in [5.74, 6) is 0.678. The molecule has 3 aromatic rings. The van der Waals surface area contributed by atoms with Gasteiger partial charge in [-0.1, -0.05) is 72.8 Å². The number of primary amides is 1. The molecule has 0 saturated carbocycles. The van der Waals surface area contributed by atoms with E-state index in [1.54, 1.807) is 12.1 Å². The van der Waals surface area contributed by atoms with Crippen LogP contribution < -0.4 is 16.4 Å². The lowest BCUT2D eigenvalue weighted by Crippen LogP contribution is -2.38. The molecule has 6 heteroatoms. The highest BCUT2D eigenvalue weighted by Crippen LogP contribution is 2.27. The summed E-state index contributed by atoms with van der Waals surface area (Å²) in [4.78, 5) is 15.9. The Balaban J connectivity index is 0.00000363. The predicted molar refractivity (Wildman–Crippen MR) is 143 cm³/mol. The number of aliphatic imine (C=N–C) groups is 1. The fourth-order valence-electron chi connectivity index (χ4n) is 3.52. The van der Waals surface area contributed by atoms with Crippen molar-refractivity contribution in [3.63, 3.8) is 0 Å². The van der Waals surface area contributed by atoms with Gasteiger partial charge in [0.1, 0.15) is 0 Å². The second kappa shape index (κ2) is 13.5. The topological polar surface area (TPSA) is 79.5 Å². The van der Waals surface area contributed by atoms with E-state index in [-0.39, 0.29) is 24.0 Å². The molecule has 0 saturated heterocycles. The number of nitrogens with zero attached hydrogens (tertiary/aromatic N) is 1. The van der Waals surface area contributed by atoms with Gasteiger partial charge in [-0.3, -0.25) is 4.79 Å². The quantitative estimate of drug-likeness (QED) is 0.209. The molecule has 168 valence electrons. The van der Waals surface area contributed by atoms with Gasteiger partial charge < -0.3 is 16.4 Å². The molecule has 32 heavy (non-hydrogen) atoms. The molecule has 0 unspecified atom stereocenters. The molecule has 0 atom stereocenters. The van der Waals surface area contributed by atoms with Crippen LogP contribution in [-0.2, 0) is 6.54 Å². The smallest absolute Gasteiger partial charge is 0.248 e. The molecular formula is C26H31IN4O. The lowest BCUT2D eigenvalue weighted by Gasteiger charge is -2.19. The first kappa shape index (κ1) is 25.4. The van der Waals surface area contributed by atoms with Crippen LogP contribution in [-0.4, -0.2) is 25.0 Å². The summed E-state index contributed by atoms with van der Waals surface area (Å²) >= 11 is 0. The monoisotopic (exact) mass is 542 g/mol. The van der Waals surface area contributed by atoms with Gasteiger partial charge in [0.2, 0.25) is 5.91 Å². The first-order chi connectivity index (χ1) is 15.2. The molecule has 3 rings (SSSR count). The van der Waals surface area contributed by atoms with E-state index in [0.29, 0.717) is 18.0 Å². The minimum absolute atomic E-state index is 0. The van der Waals surface area contributed by atoms with E-state index in [1.807, 2.05) is 12.1 Å². The van der Waals surface area contributed by atoms with E-state index in [1.165, 1.54) is 11.1 Å². The predicted octanol–water partition coefficient (Wildman–Crippen LogP) is 4.68. The van der Waals surface area contributed by atoms with E-state index in [4.69, 9.17) is 5.73 Å². The summed E-state index contributed by atoms with van der Waals surface area (Å²) in [7, 11) is 0. The Morgan fingerprint density at radius 1 is 0.875 bits per heavy atom. The van der Waals surface area contributed by atoms with Gasteiger partial charge in [-0.05, 0) is 42.2 Å². The Morgan fingerprint density at radius 2 is 1.44 bits per heavy atom. The Labute approximate surface area is 207 Å². The van der Waals surface area contributed by atoms with Crippen LogP contribution in [0.5, 0.6) is 0 Å². The average molecular weight is 542 g/mol. The molecule has 0 radical (unpaired) electrons. The van der Waals surface area contributed by atoms with Gasteiger partial charge >= 0.3 is 0 Å². The number of guanidine groups is 1. The van der Waals surface area contributed by atoms with Crippen molar-refractivity contribution in [2.75, 3.05) is 13.1 Å². The highest BCUT2D eigenvalue weighted by Gasteiger charge is 2.13. The van der Waals surface area contributed by atoms with Crippen molar-refractivity contribution in [1.29, 1.82) is 0 Å². The van der Waals surface area contributed by atoms with Crippen LogP contribution in [0.3, 0.4) is 0 Å². The van der Waals surface area contributed by atoms with Crippen LogP contribution in [0, 0.1) is 0 Å². The zero-order valence-corrected chi connectivity index (χ0v) is 20.7.